The van der Waals surface area contributed by atoms with Crippen LogP contribution in [0.15, 0.2) is 95.4 Å². The molecule has 0 spiro atoms. The van der Waals surface area contributed by atoms with Gasteiger partial charge in [-0.2, -0.15) is 0 Å². The van der Waals surface area contributed by atoms with Crippen LogP contribution < -0.4 is 10.1 Å². The molecule has 0 aliphatic carbocycles. The molecule has 1 amide bonds. The summed E-state index contributed by atoms with van der Waals surface area (Å²) >= 11 is 6.37. The van der Waals surface area contributed by atoms with Gasteiger partial charge in [0.2, 0.25) is 5.89 Å². The van der Waals surface area contributed by atoms with Crippen molar-refractivity contribution in [2.45, 2.75) is 13.5 Å². The van der Waals surface area contributed by atoms with Crippen molar-refractivity contribution >= 4 is 34.3 Å². The lowest BCUT2D eigenvalue weighted by Crippen LogP contribution is -2.12. The molecule has 0 radical (unpaired) electrons. The van der Waals surface area contributed by atoms with E-state index in [1.807, 2.05) is 67.6 Å². The molecule has 34 heavy (non-hydrogen) atoms. The van der Waals surface area contributed by atoms with E-state index in [-0.39, 0.29) is 5.91 Å². The quantitative estimate of drug-likeness (QED) is 0.284. The summed E-state index contributed by atoms with van der Waals surface area (Å²) < 4.78 is 11.7. The number of fused-ring (bicyclic) bond motifs is 1. The van der Waals surface area contributed by atoms with Gasteiger partial charge >= 0.3 is 0 Å². The van der Waals surface area contributed by atoms with Gasteiger partial charge in [-0.15, -0.1) is 0 Å². The predicted molar refractivity (Wildman–Crippen MR) is 134 cm³/mol. The first-order valence-corrected chi connectivity index (χ1v) is 11.2. The first-order chi connectivity index (χ1) is 16.5. The van der Waals surface area contributed by atoms with Gasteiger partial charge in [0.05, 0.1) is 10.7 Å². The van der Waals surface area contributed by atoms with Crippen molar-refractivity contribution < 1.29 is 13.9 Å². The minimum absolute atomic E-state index is 0.294. The summed E-state index contributed by atoms with van der Waals surface area (Å²) in [5.41, 5.74) is 5.29. The number of hydrogen-bond acceptors (Lipinski definition) is 4. The summed E-state index contributed by atoms with van der Waals surface area (Å²) in [6.07, 6.45) is 0. The number of halogens is 1. The Kier molecular flexibility index (Phi) is 6.02. The molecule has 1 N–H and O–H groups in total. The maximum absolute atomic E-state index is 13.0. The smallest absolute Gasteiger partial charge is 0.255 e. The highest BCUT2D eigenvalue weighted by atomic mass is 35.5. The fraction of sp³-hybridized carbons (Fsp3) is 0.0714. The van der Waals surface area contributed by atoms with Crippen molar-refractivity contribution in [2.75, 3.05) is 5.32 Å². The molecule has 5 nitrogen and oxygen atoms in total. The molecule has 168 valence electrons. The van der Waals surface area contributed by atoms with Crippen molar-refractivity contribution in [3.8, 4) is 17.2 Å². The summed E-state index contributed by atoms with van der Waals surface area (Å²) in [4.78, 5) is 17.5. The molecule has 1 heterocycles. The van der Waals surface area contributed by atoms with E-state index in [0.717, 1.165) is 16.6 Å². The monoisotopic (exact) mass is 468 g/mol. The zero-order valence-corrected chi connectivity index (χ0v) is 19.2. The maximum atomic E-state index is 13.0. The number of amides is 1. The summed E-state index contributed by atoms with van der Waals surface area (Å²) in [5.74, 6) is 0.777. The van der Waals surface area contributed by atoms with Gasteiger partial charge in [0.15, 0.2) is 5.58 Å². The van der Waals surface area contributed by atoms with E-state index in [1.54, 1.807) is 30.3 Å². The topological polar surface area (TPSA) is 64.4 Å². The van der Waals surface area contributed by atoms with Crippen LogP contribution in [0.2, 0.25) is 5.02 Å². The van der Waals surface area contributed by atoms with Crippen molar-refractivity contribution in [1.29, 1.82) is 0 Å². The fourth-order valence-corrected chi connectivity index (χ4v) is 3.74. The number of ether oxygens (including phenoxy) is 1. The average molecular weight is 469 g/mol. The highest BCUT2D eigenvalue weighted by Crippen LogP contribution is 2.31. The zero-order valence-electron chi connectivity index (χ0n) is 18.4. The number of hydrogen-bond donors (Lipinski definition) is 1. The molecule has 0 saturated carbocycles. The Morgan fingerprint density at radius 2 is 1.82 bits per heavy atom. The van der Waals surface area contributed by atoms with Crippen LogP contribution in [0.3, 0.4) is 0 Å². The van der Waals surface area contributed by atoms with Crippen LogP contribution in [-0.4, -0.2) is 10.9 Å². The Labute approximate surface area is 202 Å². The first kappa shape index (κ1) is 21.7. The van der Waals surface area contributed by atoms with E-state index in [0.29, 0.717) is 45.7 Å². The number of aromatic nitrogens is 1. The highest BCUT2D eigenvalue weighted by Gasteiger charge is 2.14. The van der Waals surface area contributed by atoms with Crippen LogP contribution in [0, 0.1) is 6.92 Å². The zero-order chi connectivity index (χ0) is 23.5. The molecule has 6 heteroatoms. The number of anilines is 1. The minimum Gasteiger partial charge on any atom is -0.489 e. The largest absolute Gasteiger partial charge is 0.489 e. The summed E-state index contributed by atoms with van der Waals surface area (Å²) in [6.45, 7) is 2.43. The second kappa shape index (κ2) is 9.41. The maximum Gasteiger partial charge on any atom is 0.255 e. The van der Waals surface area contributed by atoms with Crippen molar-refractivity contribution in [3.63, 3.8) is 0 Å². The molecule has 4 aromatic carbocycles. The van der Waals surface area contributed by atoms with Gasteiger partial charge in [-0.25, -0.2) is 4.98 Å². The van der Waals surface area contributed by atoms with Gasteiger partial charge in [0.1, 0.15) is 17.9 Å². The van der Waals surface area contributed by atoms with Gasteiger partial charge < -0.3 is 14.5 Å². The van der Waals surface area contributed by atoms with E-state index in [4.69, 9.17) is 20.8 Å². The number of rotatable bonds is 6. The number of oxazole rings is 1. The van der Waals surface area contributed by atoms with Gasteiger partial charge in [0.25, 0.3) is 5.91 Å². The molecular weight excluding hydrogens is 448 g/mol. The standard InChI is InChI=1S/C28H21ClN2O3/c1-18-10-13-26-25(14-18)31-28(34-26)21-11-12-23(29)24(16-21)30-27(32)20-8-5-9-22(15-20)33-17-19-6-3-2-4-7-19/h2-16H,17H2,1H3,(H,30,32). The molecule has 0 aliphatic heterocycles. The van der Waals surface area contributed by atoms with E-state index < -0.39 is 0 Å². The van der Waals surface area contributed by atoms with Gasteiger partial charge in [-0.3, -0.25) is 4.79 Å². The Balaban J connectivity index is 1.34. The van der Waals surface area contributed by atoms with E-state index in [2.05, 4.69) is 10.3 Å². The molecule has 0 saturated heterocycles. The molecule has 0 unspecified atom stereocenters. The summed E-state index contributed by atoms with van der Waals surface area (Å²) in [7, 11) is 0. The molecule has 0 aliphatic rings. The number of benzene rings is 4. The lowest BCUT2D eigenvalue weighted by atomic mass is 10.1. The number of nitrogens with zero attached hydrogens (tertiary/aromatic N) is 1. The van der Waals surface area contributed by atoms with Crippen LogP contribution in [-0.2, 0) is 6.61 Å². The van der Waals surface area contributed by atoms with E-state index in [9.17, 15) is 4.79 Å². The number of carbonyl (C=O) groups excluding carboxylic acids is 1. The average Bonchev–Trinajstić information content (AvgIpc) is 3.28. The Morgan fingerprint density at radius 3 is 2.68 bits per heavy atom. The van der Waals surface area contributed by atoms with Crippen molar-refractivity contribution in [3.05, 3.63) is 113 Å². The second-order valence-electron chi connectivity index (χ2n) is 7.94. The van der Waals surface area contributed by atoms with Crippen LogP contribution in [0.1, 0.15) is 21.5 Å². The fourth-order valence-electron chi connectivity index (χ4n) is 3.58. The Morgan fingerprint density at radius 1 is 0.971 bits per heavy atom. The number of aryl methyl sites for hydroxylation is 1. The molecule has 5 aromatic rings. The van der Waals surface area contributed by atoms with Crippen molar-refractivity contribution in [1.82, 2.24) is 4.98 Å². The van der Waals surface area contributed by atoms with Crippen LogP contribution in [0.4, 0.5) is 5.69 Å². The van der Waals surface area contributed by atoms with Crippen molar-refractivity contribution in [2.24, 2.45) is 0 Å². The van der Waals surface area contributed by atoms with Crippen LogP contribution >= 0.6 is 11.6 Å². The number of nitrogens with one attached hydrogen (secondary N) is 1. The Hall–Kier alpha value is -4.09. The van der Waals surface area contributed by atoms with Crippen LogP contribution in [0.25, 0.3) is 22.6 Å². The Bertz CT molecular complexity index is 1480. The molecule has 0 bridgehead atoms. The lowest BCUT2D eigenvalue weighted by Gasteiger charge is -2.10. The highest BCUT2D eigenvalue weighted by molar-refractivity contribution is 6.34. The third-order valence-electron chi connectivity index (χ3n) is 5.35. The SMILES string of the molecule is Cc1ccc2oc(-c3ccc(Cl)c(NC(=O)c4cccc(OCc5ccccc5)c4)c3)nc2c1. The minimum atomic E-state index is -0.294. The summed E-state index contributed by atoms with van der Waals surface area (Å²) in [5, 5.41) is 3.30. The molecule has 1 aromatic heterocycles. The third kappa shape index (κ3) is 4.80. The molecular formula is C28H21ClN2O3. The number of carbonyl (C=O) groups is 1. The normalized spacial score (nSPS) is 10.9. The second-order valence-corrected chi connectivity index (χ2v) is 8.35. The van der Waals surface area contributed by atoms with Crippen LogP contribution in [0.5, 0.6) is 5.75 Å². The molecule has 0 atom stereocenters. The third-order valence-corrected chi connectivity index (χ3v) is 5.68. The van der Waals surface area contributed by atoms with Gasteiger partial charge in [-0.1, -0.05) is 54.1 Å². The summed E-state index contributed by atoms with van der Waals surface area (Å²) in [6, 6.07) is 28.0. The predicted octanol–water partition coefficient (Wildman–Crippen LogP) is 7.29. The lowest BCUT2D eigenvalue weighted by molar-refractivity contribution is 0.102. The van der Waals surface area contributed by atoms with Gasteiger partial charge in [0, 0.05) is 11.1 Å². The van der Waals surface area contributed by atoms with E-state index in [1.165, 1.54) is 0 Å². The van der Waals surface area contributed by atoms with E-state index >= 15 is 0 Å². The van der Waals surface area contributed by atoms with Gasteiger partial charge in [-0.05, 0) is 66.6 Å². The first-order valence-electron chi connectivity index (χ1n) is 10.8. The molecule has 5 rings (SSSR count). The molecule has 0 fully saturated rings.